The molecule has 0 saturated carbocycles. The van der Waals surface area contributed by atoms with Gasteiger partial charge in [0.25, 0.3) is 0 Å². The van der Waals surface area contributed by atoms with Crippen molar-refractivity contribution < 1.29 is 4.79 Å². The summed E-state index contributed by atoms with van der Waals surface area (Å²) in [7, 11) is 0. The van der Waals surface area contributed by atoms with Gasteiger partial charge in [-0.2, -0.15) is 0 Å². The van der Waals surface area contributed by atoms with E-state index in [0.29, 0.717) is 13.0 Å². The van der Waals surface area contributed by atoms with E-state index in [1.165, 1.54) is 0 Å². The van der Waals surface area contributed by atoms with Crippen LogP contribution in [0.15, 0.2) is 24.5 Å². The summed E-state index contributed by atoms with van der Waals surface area (Å²) >= 11 is 4.94. The topological polar surface area (TPSA) is 68.0 Å². The van der Waals surface area contributed by atoms with E-state index in [2.05, 4.69) is 10.3 Å². The van der Waals surface area contributed by atoms with Gasteiger partial charge in [0.05, 0.1) is 10.4 Å². The maximum absolute atomic E-state index is 12.0. The number of aromatic nitrogens is 1. The van der Waals surface area contributed by atoms with Crippen molar-refractivity contribution in [3.05, 3.63) is 30.1 Å². The molecule has 0 bridgehead atoms. The molecule has 1 atom stereocenters. The Kier molecular flexibility index (Phi) is 4.57. The van der Waals surface area contributed by atoms with E-state index in [4.69, 9.17) is 18.0 Å². The number of nitrogens with one attached hydrogen (secondary N) is 1. The predicted octanol–water partition coefficient (Wildman–Crippen LogP) is 1.40. The van der Waals surface area contributed by atoms with Gasteiger partial charge in [-0.1, -0.05) is 19.1 Å². The minimum atomic E-state index is -0.775. The molecule has 0 radical (unpaired) electrons. The van der Waals surface area contributed by atoms with Gasteiger partial charge in [-0.3, -0.25) is 9.78 Å². The summed E-state index contributed by atoms with van der Waals surface area (Å²) < 4.78 is 0. The largest absolute Gasteiger partial charge is 0.392 e. The summed E-state index contributed by atoms with van der Waals surface area (Å²) in [4.78, 5) is 16.2. The molecule has 1 heterocycles. The van der Waals surface area contributed by atoms with Gasteiger partial charge in [0.1, 0.15) is 0 Å². The summed E-state index contributed by atoms with van der Waals surface area (Å²) in [5, 5.41) is 2.84. The third kappa shape index (κ3) is 3.23. The Morgan fingerprint density at radius 1 is 1.53 bits per heavy atom. The number of carbonyl (C=O) groups excluding carboxylic acids is 1. The van der Waals surface area contributed by atoms with Crippen LogP contribution in [0.2, 0.25) is 0 Å². The van der Waals surface area contributed by atoms with Gasteiger partial charge in [-0.05, 0) is 31.0 Å². The number of rotatable bonds is 5. The van der Waals surface area contributed by atoms with Crippen LogP contribution < -0.4 is 11.1 Å². The number of nitrogens with zero attached hydrogens (tertiary/aromatic N) is 1. The van der Waals surface area contributed by atoms with Crippen molar-refractivity contribution >= 4 is 23.1 Å². The van der Waals surface area contributed by atoms with E-state index in [-0.39, 0.29) is 10.9 Å². The molecule has 0 aliphatic carbocycles. The number of pyridine rings is 1. The molecule has 3 N–H and O–H groups in total. The fourth-order valence-electron chi connectivity index (χ4n) is 1.32. The fourth-order valence-corrected chi connectivity index (χ4v) is 1.56. The van der Waals surface area contributed by atoms with Gasteiger partial charge in [0, 0.05) is 18.9 Å². The molecule has 1 aromatic rings. The normalized spacial score (nSPS) is 13.8. The molecule has 1 unspecified atom stereocenters. The standard InChI is InChI=1S/C12H17N3OS/c1-3-12(2,10(13)17)11(16)15-8-9-4-6-14-7-5-9/h4-7H,3,8H2,1-2H3,(H2,13,17)(H,15,16). The SMILES string of the molecule is CCC(C)(C(=O)NCc1ccncc1)C(N)=S. The summed E-state index contributed by atoms with van der Waals surface area (Å²) in [6.07, 6.45) is 3.96. The molecule has 5 heteroatoms. The Labute approximate surface area is 107 Å². The lowest BCUT2D eigenvalue weighted by atomic mass is 9.86. The average molecular weight is 251 g/mol. The molecular weight excluding hydrogens is 234 g/mol. The first-order valence-corrected chi connectivity index (χ1v) is 5.88. The molecule has 0 aliphatic heterocycles. The lowest BCUT2D eigenvalue weighted by molar-refractivity contribution is -0.127. The summed E-state index contributed by atoms with van der Waals surface area (Å²) in [5.74, 6) is -0.135. The van der Waals surface area contributed by atoms with Gasteiger partial charge in [0.2, 0.25) is 5.91 Å². The van der Waals surface area contributed by atoms with Crippen LogP contribution >= 0.6 is 12.2 Å². The van der Waals surface area contributed by atoms with Crippen molar-refractivity contribution in [2.24, 2.45) is 11.1 Å². The van der Waals surface area contributed by atoms with Crippen LogP contribution in [-0.4, -0.2) is 15.9 Å². The van der Waals surface area contributed by atoms with Crippen LogP contribution in [0.25, 0.3) is 0 Å². The molecule has 1 aromatic heterocycles. The first-order chi connectivity index (χ1) is 8.00. The van der Waals surface area contributed by atoms with Crippen molar-refractivity contribution in [3.8, 4) is 0 Å². The molecule has 1 rings (SSSR count). The van der Waals surface area contributed by atoms with Crippen molar-refractivity contribution in [3.63, 3.8) is 0 Å². The van der Waals surface area contributed by atoms with Gasteiger partial charge < -0.3 is 11.1 Å². The first kappa shape index (κ1) is 13.6. The zero-order chi connectivity index (χ0) is 12.9. The Morgan fingerprint density at radius 2 is 2.12 bits per heavy atom. The highest BCUT2D eigenvalue weighted by atomic mass is 32.1. The average Bonchev–Trinajstić information content (AvgIpc) is 2.35. The van der Waals surface area contributed by atoms with Gasteiger partial charge in [-0.15, -0.1) is 0 Å². The zero-order valence-corrected chi connectivity index (χ0v) is 10.9. The van der Waals surface area contributed by atoms with E-state index in [0.717, 1.165) is 5.56 Å². The van der Waals surface area contributed by atoms with Crippen LogP contribution in [0.4, 0.5) is 0 Å². The van der Waals surface area contributed by atoms with Crippen molar-refractivity contribution in [2.75, 3.05) is 0 Å². The highest BCUT2D eigenvalue weighted by Gasteiger charge is 2.34. The second-order valence-electron chi connectivity index (χ2n) is 4.09. The number of nitrogens with two attached hydrogens (primary N) is 1. The lowest BCUT2D eigenvalue weighted by Gasteiger charge is -2.25. The predicted molar refractivity (Wildman–Crippen MR) is 71.3 cm³/mol. The maximum atomic E-state index is 12.0. The fraction of sp³-hybridized carbons (Fsp3) is 0.417. The molecule has 0 spiro atoms. The molecule has 17 heavy (non-hydrogen) atoms. The number of hydrogen-bond donors (Lipinski definition) is 2. The van der Waals surface area contributed by atoms with E-state index in [1.54, 1.807) is 19.3 Å². The second-order valence-corrected chi connectivity index (χ2v) is 4.53. The van der Waals surface area contributed by atoms with Gasteiger partial charge in [0.15, 0.2) is 0 Å². The Hall–Kier alpha value is -1.49. The minimum Gasteiger partial charge on any atom is -0.392 e. The van der Waals surface area contributed by atoms with Crippen LogP contribution in [0.3, 0.4) is 0 Å². The number of carbonyl (C=O) groups is 1. The molecule has 0 saturated heterocycles. The number of thiocarbonyl (C=S) groups is 1. The zero-order valence-electron chi connectivity index (χ0n) is 10.1. The Balaban J connectivity index is 2.64. The first-order valence-electron chi connectivity index (χ1n) is 5.48. The van der Waals surface area contributed by atoms with E-state index >= 15 is 0 Å². The quantitative estimate of drug-likeness (QED) is 0.776. The van der Waals surface area contributed by atoms with Crippen LogP contribution in [0.5, 0.6) is 0 Å². The maximum Gasteiger partial charge on any atom is 0.233 e. The minimum absolute atomic E-state index is 0.135. The van der Waals surface area contributed by atoms with Gasteiger partial charge in [-0.25, -0.2) is 0 Å². The van der Waals surface area contributed by atoms with E-state index in [1.807, 2.05) is 19.1 Å². The number of hydrogen-bond acceptors (Lipinski definition) is 3. The monoisotopic (exact) mass is 251 g/mol. The second kappa shape index (κ2) is 5.72. The third-order valence-corrected chi connectivity index (χ3v) is 3.41. The molecule has 0 fully saturated rings. The molecule has 1 amide bonds. The van der Waals surface area contributed by atoms with Crippen molar-refractivity contribution in [2.45, 2.75) is 26.8 Å². The van der Waals surface area contributed by atoms with Gasteiger partial charge >= 0.3 is 0 Å². The highest BCUT2D eigenvalue weighted by Crippen LogP contribution is 2.21. The Morgan fingerprint density at radius 3 is 2.59 bits per heavy atom. The molecule has 0 aromatic carbocycles. The molecule has 0 aliphatic rings. The molecular formula is C12H17N3OS. The lowest BCUT2D eigenvalue weighted by Crippen LogP contribution is -2.46. The van der Waals surface area contributed by atoms with Crippen LogP contribution in [-0.2, 0) is 11.3 Å². The van der Waals surface area contributed by atoms with Crippen LogP contribution in [0.1, 0.15) is 25.8 Å². The number of amides is 1. The molecule has 92 valence electrons. The summed E-state index contributed by atoms with van der Waals surface area (Å²) in [6.45, 7) is 4.11. The van der Waals surface area contributed by atoms with Crippen molar-refractivity contribution in [1.82, 2.24) is 10.3 Å². The highest BCUT2D eigenvalue weighted by molar-refractivity contribution is 7.80. The summed E-state index contributed by atoms with van der Waals surface area (Å²) in [6, 6.07) is 3.70. The third-order valence-electron chi connectivity index (χ3n) is 2.95. The smallest absolute Gasteiger partial charge is 0.233 e. The van der Waals surface area contributed by atoms with E-state index < -0.39 is 5.41 Å². The van der Waals surface area contributed by atoms with E-state index in [9.17, 15) is 4.79 Å². The summed E-state index contributed by atoms with van der Waals surface area (Å²) in [5.41, 5.74) is 5.83. The molecule has 4 nitrogen and oxygen atoms in total. The van der Waals surface area contributed by atoms with Crippen LogP contribution in [0, 0.1) is 5.41 Å². The Bertz CT molecular complexity index is 407. The van der Waals surface area contributed by atoms with Crippen molar-refractivity contribution in [1.29, 1.82) is 0 Å².